The summed E-state index contributed by atoms with van der Waals surface area (Å²) in [7, 11) is 1.68. The molecule has 1 aliphatic heterocycles. The van der Waals surface area contributed by atoms with Crippen molar-refractivity contribution in [3.05, 3.63) is 24.3 Å². The molecule has 0 saturated carbocycles. The maximum absolute atomic E-state index is 12.2. The first-order valence-electron chi connectivity index (χ1n) is 10.1. The average molecular weight is 362 g/mol. The zero-order chi connectivity index (χ0) is 18.8. The number of amides is 2. The van der Waals surface area contributed by atoms with Gasteiger partial charge in [0.05, 0.1) is 7.11 Å². The largest absolute Gasteiger partial charge is 0.497 e. The number of urea groups is 1. The topological polar surface area (TPSA) is 53.6 Å². The molecule has 1 aliphatic rings. The fourth-order valence-corrected chi connectivity index (χ4v) is 3.48. The zero-order valence-corrected chi connectivity index (χ0v) is 16.6. The molecule has 5 nitrogen and oxygen atoms in total. The lowest BCUT2D eigenvalue weighted by molar-refractivity contribution is 0.230. The van der Waals surface area contributed by atoms with Crippen LogP contribution in [0.2, 0.25) is 0 Å². The summed E-state index contributed by atoms with van der Waals surface area (Å²) in [5.41, 5.74) is 1.22. The second-order valence-corrected chi connectivity index (χ2v) is 7.33. The van der Waals surface area contributed by atoms with E-state index in [-0.39, 0.29) is 18.1 Å². The number of carbonyl (C=O) groups is 1. The van der Waals surface area contributed by atoms with E-state index in [1.165, 1.54) is 31.4 Å². The minimum Gasteiger partial charge on any atom is -0.497 e. The summed E-state index contributed by atoms with van der Waals surface area (Å²) in [5, 5.41) is 6.23. The van der Waals surface area contributed by atoms with Gasteiger partial charge in [-0.3, -0.25) is 0 Å². The number of hydrogen-bond acceptors (Lipinski definition) is 3. The Morgan fingerprint density at radius 3 is 2.50 bits per heavy atom. The molecule has 1 aromatic carbocycles. The first kappa shape index (κ1) is 20.4. The SMILES string of the molecule is CCCCCCC(C)NC(=O)NC1CCN(c2ccc(OC)cc2)CC1. The lowest BCUT2D eigenvalue weighted by Gasteiger charge is -2.34. The van der Waals surface area contributed by atoms with E-state index in [2.05, 4.69) is 41.5 Å². The summed E-state index contributed by atoms with van der Waals surface area (Å²) < 4.78 is 5.21. The Balaban J connectivity index is 1.66. The van der Waals surface area contributed by atoms with Crippen molar-refractivity contribution in [3.8, 4) is 5.75 Å². The predicted molar refractivity (Wildman–Crippen MR) is 108 cm³/mol. The summed E-state index contributed by atoms with van der Waals surface area (Å²) in [5.74, 6) is 0.880. The molecule has 2 rings (SSSR count). The summed E-state index contributed by atoms with van der Waals surface area (Å²) >= 11 is 0. The van der Waals surface area contributed by atoms with Crippen LogP contribution in [0.3, 0.4) is 0 Å². The zero-order valence-electron chi connectivity index (χ0n) is 16.6. The number of methoxy groups -OCH3 is 1. The highest BCUT2D eigenvalue weighted by molar-refractivity contribution is 5.74. The molecule has 1 fully saturated rings. The number of benzene rings is 1. The van der Waals surface area contributed by atoms with Crippen molar-refractivity contribution in [2.75, 3.05) is 25.1 Å². The van der Waals surface area contributed by atoms with Crippen LogP contribution in [0.15, 0.2) is 24.3 Å². The van der Waals surface area contributed by atoms with Crippen LogP contribution in [-0.2, 0) is 0 Å². The molecule has 0 aromatic heterocycles. The molecule has 2 amide bonds. The van der Waals surface area contributed by atoms with Crippen LogP contribution >= 0.6 is 0 Å². The van der Waals surface area contributed by atoms with Gasteiger partial charge in [-0.15, -0.1) is 0 Å². The number of carbonyl (C=O) groups excluding carboxylic acids is 1. The summed E-state index contributed by atoms with van der Waals surface area (Å²) in [6.07, 6.45) is 7.99. The van der Waals surface area contributed by atoms with Crippen LogP contribution < -0.4 is 20.3 Å². The maximum Gasteiger partial charge on any atom is 0.315 e. The number of nitrogens with zero attached hydrogens (tertiary/aromatic N) is 1. The molecule has 2 N–H and O–H groups in total. The Morgan fingerprint density at radius 1 is 1.19 bits per heavy atom. The summed E-state index contributed by atoms with van der Waals surface area (Å²) in [6.45, 7) is 6.24. The number of ether oxygens (including phenoxy) is 1. The van der Waals surface area contributed by atoms with E-state index in [1.807, 2.05) is 12.1 Å². The van der Waals surface area contributed by atoms with Crippen LogP contribution in [0.25, 0.3) is 0 Å². The number of nitrogens with one attached hydrogen (secondary N) is 2. The van der Waals surface area contributed by atoms with Crippen molar-refractivity contribution >= 4 is 11.7 Å². The third kappa shape index (κ3) is 6.77. The molecular formula is C21H35N3O2. The van der Waals surface area contributed by atoms with Gasteiger partial charge in [-0.05, 0) is 50.5 Å². The van der Waals surface area contributed by atoms with Gasteiger partial charge in [-0.2, -0.15) is 0 Å². The second-order valence-electron chi connectivity index (χ2n) is 7.33. The molecule has 0 bridgehead atoms. The highest BCUT2D eigenvalue weighted by Gasteiger charge is 2.21. The fraction of sp³-hybridized carbons (Fsp3) is 0.667. The van der Waals surface area contributed by atoms with Crippen molar-refractivity contribution < 1.29 is 9.53 Å². The standard InChI is InChI=1S/C21H35N3O2/c1-4-5-6-7-8-17(2)22-21(25)23-18-13-15-24(16-14-18)19-9-11-20(26-3)12-10-19/h9-12,17-18H,4-8,13-16H2,1-3H3,(H2,22,23,25). The molecule has 26 heavy (non-hydrogen) atoms. The molecule has 0 spiro atoms. The van der Waals surface area contributed by atoms with Gasteiger partial charge in [-0.25, -0.2) is 4.79 Å². The van der Waals surface area contributed by atoms with Crippen molar-refractivity contribution in [1.82, 2.24) is 10.6 Å². The highest BCUT2D eigenvalue weighted by atomic mass is 16.5. The molecule has 146 valence electrons. The molecular weight excluding hydrogens is 326 g/mol. The molecule has 1 aromatic rings. The quantitative estimate of drug-likeness (QED) is 0.644. The monoisotopic (exact) mass is 361 g/mol. The normalized spacial score (nSPS) is 16.2. The first-order chi connectivity index (χ1) is 12.6. The lowest BCUT2D eigenvalue weighted by Crippen LogP contribution is -2.49. The van der Waals surface area contributed by atoms with Crippen LogP contribution in [0, 0.1) is 0 Å². The van der Waals surface area contributed by atoms with Crippen LogP contribution in [0.1, 0.15) is 58.8 Å². The van der Waals surface area contributed by atoms with Gasteiger partial charge in [0, 0.05) is 30.9 Å². The molecule has 1 unspecified atom stereocenters. The Kier molecular flexibility index (Phi) is 8.59. The van der Waals surface area contributed by atoms with Crippen molar-refractivity contribution in [1.29, 1.82) is 0 Å². The van der Waals surface area contributed by atoms with Crippen molar-refractivity contribution in [2.24, 2.45) is 0 Å². The number of piperidine rings is 1. The highest BCUT2D eigenvalue weighted by Crippen LogP contribution is 2.22. The second kappa shape index (κ2) is 10.9. The Bertz CT molecular complexity index is 525. The predicted octanol–water partition coefficient (Wildman–Crippen LogP) is 4.32. The first-order valence-corrected chi connectivity index (χ1v) is 10.1. The van der Waals surface area contributed by atoms with E-state index in [4.69, 9.17) is 4.74 Å². The molecule has 1 atom stereocenters. The number of unbranched alkanes of at least 4 members (excludes halogenated alkanes) is 3. The summed E-state index contributed by atoms with van der Waals surface area (Å²) in [4.78, 5) is 14.5. The van der Waals surface area contributed by atoms with Crippen molar-refractivity contribution in [2.45, 2.75) is 70.9 Å². The minimum absolute atomic E-state index is 0.0177. The van der Waals surface area contributed by atoms with Crippen LogP contribution in [0.4, 0.5) is 10.5 Å². The molecule has 1 saturated heterocycles. The van der Waals surface area contributed by atoms with E-state index in [0.717, 1.165) is 38.1 Å². The Hall–Kier alpha value is -1.91. The minimum atomic E-state index is -0.0177. The van der Waals surface area contributed by atoms with E-state index in [9.17, 15) is 4.79 Å². The average Bonchev–Trinajstić information content (AvgIpc) is 2.66. The van der Waals surface area contributed by atoms with Gasteiger partial charge in [-0.1, -0.05) is 32.6 Å². The molecule has 0 radical (unpaired) electrons. The number of hydrogen-bond donors (Lipinski definition) is 2. The smallest absolute Gasteiger partial charge is 0.315 e. The van der Waals surface area contributed by atoms with E-state index >= 15 is 0 Å². The van der Waals surface area contributed by atoms with Gasteiger partial charge in [0.2, 0.25) is 0 Å². The lowest BCUT2D eigenvalue weighted by atomic mass is 10.0. The number of anilines is 1. The fourth-order valence-electron chi connectivity index (χ4n) is 3.48. The Labute approximate surface area is 158 Å². The van der Waals surface area contributed by atoms with Gasteiger partial charge >= 0.3 is 6.03 Å². The molecule has 5 heteroatoms. The third-order valence-electron chi connectivity index (χ3n) is 5.14. The maximum atomic E-state index is 12.2. The third-order valence-corrected chi connectivity index (χ3v) is 5.14. The van der Waals surface area contributed by atoms with E-state index in [0.29, 0.717) is 0 Å². The van der Waals surface area contributed by atoms with Gasteiger partial charge in [0.15, 0.2) is 0 Å². The molecule has 0 aliphatic carbocycles. The van der Waals surface area contributed by atoms with Crippen molar-refractivity contribution in [3.63, 3.8) is 0 Å². The van der Waals surface area contributed by atoms with Crippen LogP contribution in [0.5, 0.6) is 5.75 Å². The van der Waals surface area contributed by atoms with Crippen LogP contribution in [-0.4, -0.2) is 38.3 Å². The molecule has 1 heterocycles. The number of rotatable bonds is 9. The van der Waals surface area contributed by atoms with E-state index in [1.54, 1.807) is 7.11 Å². The van der Waals surface area contributed by atoms with Gasteiger partial charge in [0.1, 0.15) is 5.75 Å². The summed E-state index contributed by atoms with van der Waals surface area (Å²) in [6, 6.07) is 8.67. The van der Waals surface area contributed by atoms with E-state index < -0.39 is 0 Å². The van der Waals surface area contributed by atoms with Gasteiger partial charge < -0.3 is 20.3 Å². The van der Waals surface area contributed by atoms with Gasteiger partial charge in [0.25, 0.3) is 0 Å². The Morgan fingerprint density at radius 2 is 1.88 bits per heavy atom.